The molecule has 7 N–H and O–H groups in total. The van der Waals surface area contributed by atoms with Crippen LogP contribution in [0.25, 0.3) is 75.4 Å². The van der Waals surface area contributed by atoms with Gasteiger partial charge in [0.25, 0.3) is 0 Å². The zero-order valence-electron chi connectivity index (χ0n) is 74.2. The number of hydrogen-bond donors (Lipinski definition) is 7. The van der Waals surface area contributed by atoms with Gasteiger partial charge in [-0.25, -0.2) is 0 Å². The van der Waals surface area contributed by atoms with Crippen LogP contribution in [0, 0.1) is 5.92 Å². The minimum absolute atomic E-state index is 0.463. The highest BCUT2D eigenvalue weighted by Crippen LogP contribution is 2.26. The third-order valence-electron chi connectivity index (χ3n) is 19.0. The van der Waals surface area contributed by atoms with Gasteiger partial charge in [0.1, 0.15) is 0 Å². The molecule has 1 unspecified atom stereocenters. The van der Waals surface area contributed by atoms with Crippen molar-refractivity contribution in [2.45, 2.75) is 200 Å². The second-order valence-electron chi connectivity index (χ2n) is 29.1. The van der Waals surface area contributed by atoms with E-state index in [4.69, 9.17) is 0 Å². The number of hydrazone groups is 7. The Morgan fingerprint density at radius 3 is 0.895 bits per heavy atom. The summed E-state index contributed by atoms with van der Waals surface area (Å²) < 4.78 is 0. The Morgan fingerprint density at radius 2 is 0.589 bits per heavy atom. The molecule has 7 aromatic heterocycles. The van der Waals surface area contributed by atoms with Crippen molar-refractivity contribution in [2.24, 2.45) is 41.6 Å². The molecule has 644 valence electrons. The molecule has 124 heavy (non-hydrogen) atoms. The van der Waals surface area contributed by atoms with Crippen molar-refractivity contribution in [1.29, 1.82) is 0 Å². The van der Waals surface area contributed by atoms with Gasteiger partial charge in [0.15, 0.2) is 40.7 Å². The van der Waals surface area contributed by atoms with Gasteiger partial charge in [0.2, 0.25) is 0 Å². The number of nitrogens with one attached hydrogen (secondary N) is 7. The average molecular weight is 1670 g/mol. The molecule has 0 aliphatic carbocycles. The lowest BCUT2D eigenvalue weighted by Crippen LogP contribution is -2.03. The summed E-state index contributed by atoms with van der Waals surface area (Å²) in [6, 6.07) is 56.0. The molecule has 0 amide bonds. The van der Waals surface area contributed by atoms with E-state index in [0.717, 1.165) is 200 Å². The number of aromatic nitrogens is 14. The largest absolute Gasteiger partial charge is 0.260 e. The summed E-state index contributed by atoms with van der Waals surface area (Å²) in [5, 5.41) is 101. The molecule has 0 aliphatic rings. The van der Waals surface area contributed by atoms with Crippen LogP contribution in [0.2, 0.25) is 0 Å². The molecule has 0 spiro atoms. The van der Waals surface area contributed by atoms with Crippen molar-refractivity contribution in [1.82, 2.24) is 71.4 Å². The van der Waals surface area contributed by atoms with Crippen molar-refractivity contribution in [2.75, 3.05) is 38.0 Å². The van der Waals surface area contributed by atoms with Crippen LogP contribution in [0.4, 0.5) is 40.7 Å². The smallest absolute Gasteiger partial charge is 0.176 e. The quantitative estimate of drug-likeness (QED) is 0.0117. The van der Waals surface area contributed by atoms with Crippen molar-refractivity contribution in [3.63, 3.8) is 0 Å². The molecule has 0 aliphatic heterocycles. The lowest BCUT2D eigenvalue weighted by Gasteiger charge is -2.06. The van der Waals surface area contributed by atoms with Gasteiger partial charge >= 0.3 is 0 Å². The van der Waals surface area contributed by atoms with Crippen molar-refractivity contribution in [3.05, 3.63) is 225 Å². The maximum absolute atomic E-state index is 4.49. The van der Waals surface area contributed by atoms with Crippen LogP contribution >= 0.6 is 0 Å². The first-order valence-corrected chi connectivity index (χ1v) is 42.9. The summed E-state index contributed by atoms with van der Waals surface area (Å²) in [5.74, 6) is 5.41. The van der Waals surface area contributed by atoms with Gasteiger partial charge in [-0.3, -0.25) is 38.0 Å². The van der Waals surface area contributed by atoms with Gasteiger partial charge in [-0.1, -0.05) is 277 Å². The lowest BCUT2D eigenvalue weighted by molar-refractivity contribution is 0.753. The number of allylic oxidation sites excluding steroid dienone is 2. The van der Waals surface area contributed by atoms with E-state index < -0.39 is 0 Å². The number of nitrogens with zero attached hydrogens (tertiary/aromatic N) is 21. The topological polar surface area (TPSA) is 351 Å². The molecule has 14 aromatic rings. The van der Waals surface area contributed by atoms with Crippen LogP contribution in [0.1, 0.15) is 200 Å². The molecule has 14 rings (SSSR count). The van der Waals surface area contributed by atoms with Crippen LogP contribution in [0.15, 0.2) is 261 Å². The standard InChI is InChI=1S/C15H20N4.C14H16N4.2C14H18N4.3C13H16N4/c1-3-7-13(8-4-2)17-19-15-14-10-6-5-9-12(14)11-16-18-15;1-10(2)8-11(3)16-18-14-13-7-5-4-6-12(13)9-15-17-14;1-3-4-7-11(2)16-18-14-13-9-6-5-8-12(13)10-15-17-14;1-3-7-12(4-2)16-18-14-13-9-6-5-8-11(13)10-15-17-14;1-3-10(2)8-14-16-13-12-7-5-4-6-11(12)9-15-17-13;1-3-11(4-2)15-17-13-12-8-6-5-7-10(12)9-14-16-13;1-2-3-6-9-14-16-13-12-8-5-4-7-11(12)10-15-17-13/h5-6,9-11H,3-4,7-8H2,1-2H3,(H,18,19);4-9H,1-3H3,(H,17,18);2*5-6,8-10H,3-4,7H2,1-2H3,(H,17,18);4-10H,3H2,1-2H3,(H,16,17);5-9H,3-4H2,1-2H3,(H,16,17);4-5,7-10H,2-3,6H2,1H3,(H,16,17)/b;2*16-11-;16-12+;14-8-;;14-9-. The molecular weight excluding hydrogens is 1550 g/mol. The van der Waals surface area contributed by atoms with Crippen molar-refractivity contribution in [3.8, 4) is 0 Å². The summed E-state index contributed by atoms with van der Waals surface area (Å²) in [7, 11) is 0. The molecular formula is C96H120N28. The second kappa shape index (κ2) is 55.0. The number of rotatable bonds is 32. The minimum atomic E-state index is 0.463. The van der Waals surface area contributed by atoms with E-state index in [1.807, 2.05) is 216 Å². The lowest BCUT2D eigenvalue weighted by atomic mass is 10.1. The molecule has 0 fully saturated rings. The van der Waals surface area contributed by atoms with Crippen LogP contribution in [-0.4, -0.2) is 112 Å². The van der Waals surface area contributed by atoms with Gasteiger partial charge in [-0.2, -0.15) is 71.4 Å². The average Bonchev–Trinajstić information content (AvgIpc) is 0.869. The Hall–Kier alpha value is -14.1. The fourth-order valence-electron chi connectivity index (χ4n) is 12.0. The fourth-order valence-corrected chi connectivity index (χ4v) is 12.0. The first-order valence-electron chi connectivity index (χ1n) is 42.9. The molecule has 0 saturated carbocycles. The van der Waals surface area contributed by atoms with Crippen LogP contribution in [-0.2, 0) is 0 Å². The number of hydrogen-bond acceptors (Lipinski definition) is 28. The fraction of sp³-hybridized carbons (Fsp3) is 0.323. The van der Waals surface area contributed by atoms with Crippen LogP contribution in [0.3, 0.4) is 0 Å². The number of fused-ring (bicyclic) bond motifs is 7. The zero-order chi connectivity index (χ0) is 88.1. The van der Waals surface area contributed by atoms with E-state index in [1.54, 1.807) is 43.4 Å². The Balaban J connectivity index is 0.000000179. The highest BCUT2D eigenvalue weighted by molar-refractivity contribution is 5.98. The van der Waals surface area contributed by atoms with Crippen LogP contribution < -0.4 is 38.0 Å². The normalized spacial score (nSPS) is 11.4. The van der Waals surface area contributed by atoms with Crippen molar-refractivity contribution < 1.29 is 0 Å². The van der Waals surface area contributed by atoms with Gasteiger partial charge in [-0.05, 0) is 110 Å². The highest BCUT2D eigenvalue weighted by Gasteiger charge is 2.10. The van der Waals surface area contributed by atoms with E-state index in [2.05, 4.69) is 214 Å². The molecule has 7 aromatic carbocycles. The molecule has 0 radical (unpaired) electrons. The SMILES string of the molecule is CC(C)=C/C(C)=N\Nc1nncc2ccccc12.CCC(C)/C=N\Nc1nncc2ccccc12.CCC(CC)=NNc1nncc2ccccc12.CCC/C(CC)=N/Nc1nncc2ccccc12.CCCC(CCC)=NNc1nncc2ccccc12.CCCC/C(C)=N\Nc1nncc2ccccc12.CCCC/C=N\Nc1nncc2ccccc12. The van der Waals surface area contributed by atoms with E-state index in [9.17, 15) is 0 Å². The third-order valence-corrected chi connectivity index (χ3v) is 19.0. The van der Waals surface area contributed by atoms with E-state index in [-0.39, 0.29) is 0 Å². The van der Waals surface area contributed by atoms with E-state index in [0.29, 0.717) is 35.0 Å². The first kappa shape index (κ1) is 95.4. The maximum atomic E-state index is 4.49. The second-order valence-corrected chi connectivity index (χ2v) is 29.1. The molecule has 0 bridgehead atoms. The Bertz CT molecular complexity index is 5770. The summed E-state index contributed by atoms with van der Waals surface area (Å²) in [4.78, 5) is 0. The molecule has 1 atom stereocenters. The highest BCUT2D eigenvalue weighted by atomic mass is 15.4. The predicted molar refractivity (Wildman–Crippen MR) is 521 cm³/mol. The Kier molecular flexibility index (Phi) is 42.3. The third kappa shape index (κ3) is 32.2. The summed E-state index contributed by atoms with van der Waals surface area (Å²) in [6.07, 6.45) is 35.1. The van der Waals surface area contributed by atoms with E-state index >= 15 is 0 Å². The molecule has 28 nitrogen and oxygen atoms in total. The van der Waals surface area contributed by atoms with Gasteiger partial charge < -0.3 is 0 Å². The Morgan fingerprint density at radius 1 is 0.306 bits per heavy atom. The van der Waals surface area contributed by atoms with Crippen LogP contribution in [0.5, 0.6) is 0 Å². The monoisotopic (exact) mass is 1670 g/mol. The summed E-state index contributed by atoms with van der Waals surface area (Å²) >= 11 is 0. The Labute approximate surface area is 728 Å². The first-order chi connectivity index (χ1) is 60.7. The van der Waals surface area contributed by atoms with Gasteiger partial charge in [0, 0.05) is 111 Å². The molecule has 28 heteroatoms. The van der Waals surface area contributed by atoms with E-state index in [1.165, 1.54) is 24.1 Å². The zero-order valence-corrected chi connectivity index (χ0v) is 74.2. The predicted octanol–water partition coefficient (Wildman–Crippen LogP) is 24.1. The minimum Gasteiger partial charge on any atom is -0.260 e. The number of benzene rings is 7. The number of anilines is 7. The molecule has 0 saturated heterocycles. The summed E-state index contributed by atoms with van der Waals surface area (Å²) in [5.41, 5.74) is 27.7. The molecule has 7 heterocycles. The van der Waals surface area contributed by atoms with Gasteiger partial charge in [-0.15, -0.1) is 35.7 Å². The van der Waals surface area contributed by atoms with Gasteiger partial charge in [0.05, 0.1) is 49.1 Å². The summed E-state index contributed by atoms with van der Waals surface area (Å²) in [6.45, 7) is 29.5. The maximum Gasteiger partial charge on any atom is 0.176 e. The number of unbranched alkanes of at least 4 members (excludes halogenated alkanes) is 3. The van der Waals surface area contributed by atoms with Crippen molar-refractivity contribution >= 4 is 157 Å².